The van der Waals surface area contributed by atoms with Gasteiger partial charge >= 0.3 is 5.97 Å². The molecule has 25 heteroatoms. The molecule has 0 bridgehead atoms. The molecule has 5 aliphatic rings. The van der Waals surface area contributed by atoms with Crippen molar-refractivity contribution in [3.05, 3.63) is 0 Å². The van der Waals surface area contributed by atoms with Gasteiger partial charge in [-0.05, 0) is 13.8 Å². The van der Waals surface area contributed by atoms with Crippen LogP contribution >= 0.6 is 0 Å². The average molecular weight is 811 g/mol. The van der Waals surface area contributed by atoms with Crippen LogP contribution in [0.3, 0.4) is 0 Å². The van der Waals surface area contributed by atoms with Crippen LogP contribution in [-0.4, -0.2) is 249 Å². The highest BCUT2D eigenvalue weighted by Gasteiger charge is 2.57. The number of carboxylic acid groups (broad SMARTS) is 1. The third-order valence-electron chi connectivity index (χ3n) is 10.3. The highest BCUT2D eigenvalue weighted by atomic mass is 16.8. The zero-order chi connectivity index (χ0) is 40.8. The van der Waals surface area contributed by atoms with Gasteiger partial charge in [0.25, 0.3) is 0 Å². The molecule has 0 aliphatic carbocycles. The highest BCUT2D eigenvalue weighted by Crippen LogP contribution is 2.35. The summed E-state index contributed by atoms with van der Waals surface area (Å²) in [6, 6.07) is 0. The Hall–Kier alpha value is -1.45. The summed E-state index contributed by atoms with van der Waals surface area (Å²) in [5, 5.41) is 155. The van der Waals surface area contributed by atoms with Gasteiger partial charge in [0.15, 0.2) is 37.6 Å². The van der Waals surface area contributed by atoms with Crippen LogP contribution in [0.1, 0.15) is 13.8 Å². The molecule has 0 aromatic heterocycles. The summed E-state index contributed by atoms with van der Waals surface area (Å²) in [4.78, 5) is 12.3. The normalized spacial score (nSPS) is 53.6. The lowest BCUT2D eigenvalue weighted by molar-refractivity contribution is -0.370. The fraction of sp³-hybridized carbons (Fsp3) is 0.967. The Labute approximate surface area is 310 Å². The van der Waals surface area contributed by atoms with E-state index >= 15 is 0 Å². The zero-order valence-electron chi connectivity index (χ0n) is 29.2. The molecule has 25 nitrogen and oxygen atoms in total. The predicted molar refractivity (Wildman–Crippen MR) is 164 cm³/mol. The van der Waals surface area contributed by atoms with Gasteiger partial charge in [-0.25, -0.2) is 4.79 Å². The Morgan fingerprint density at radius 1 is 0.564 bits per heavy atom. The Kier molecular flexibility index (Phi) is 14.5. The largest absolute Gasteiger partial charge is 0.479 e. The summed E-state index contributed by atoms with van der Waals surface area (Å²) in [5.74, 6) is -1.77. The summed E-state index contributed by atoms with van der Waals surface area (Å²) in [7, 11) is 0. The van der Waals surface area contributed by atoms with E-state index in [-0.39, 0.29) is 0 Å². The van der Waals surface area contributed by atoms with E-state index < -0.39 is 173 Å². The molecule has 15 N–H and O–H groups in total. The van der Waals surface area contributed by atoms with E-state index in [0.717, 1.165) is 6.92 Å². The first-order valence-electron chi connectivity index (χ1n) is 17.2. The third-order valence-corrected chi connectivity index (χ3v) is 10.3. The summed E-state index contributed by atoms with van der Waals surface area (Å²) in [6.45, 7) is 0.00953. The van der Waals surface area contributed by atoms with Crippen LogP contribution in [0.5, 0.6) is 0 Å². The molecule has 5 aliphatic heterocycles. The lowest BCUT2D eigenvalue weighted by Crippen LogP contribution is -2.68. The molecule has 0 aromatic carbocycles. The van der Waals surface area contributed by atoms with Gasteiger partial charge in [-0.15, -0.1) is 0 Å². The van der Waals surface area contributed by atoms with Crippen LogP contribution in [0, 0.1) is 0 Å². The summed E-state index contributed by atoms with van der Waals surface area (Å²) in [5.41, 5.74) is -2.21. The minimum absolute atomic E-state index is 0.741. The molecule has 5 rings (SSSR count). The second-order valence-corrected chi connectivity index (χ2v) is 14.2. The molecule has 5 saturated heterocycles. The van der Waals surface area contributed by atoms with Crippen LogP contribution in [0.2, 0.25) is 0 Å². The molecule has 24 atom stereocenters. The molecule has 0 saturated carbocycles. The van der Waals surface area contributed by atoms with E-state index in [9.17, 15) is 81.4 Å². The van der Waals surface area contributed by atoms with Gasteiger partial charge in [-0.2, -0.15) is 0 Å². The van der Waals surface area contributed by atoms with Gasteiger partial charge in [-0.3, -0.25) is 0 Å². The fourth-order valence-corrected chi connectivity index (χ4v) is 6.80. The Morgan fingerprint density at radius 3 is 1.65 bits per heavy atom. The first-order valence-corrected chi connectivity index (χ1v) is 17.2. The van der Waals surface area contributed by atoms with Gasteiger partial charge in [0.2, 0.25) is 0 Å². The first-order chi connectivity index (χ1) is 25.7. The van der Waals surface area contributed by atoms with Crippen LogP contribution in [0.25, 0.3) is 0 Å². The maximum absolute atomic E-state index is 12.3. The molecule has 0 aromatic rings. The molecule has 0 radical (unpaired) electrons. The monoisotopic (exact) mass is 810 g/mol. The second-order valence-electron chi connectivity index (χ2n) is 14.2. The molecule has 5 fully saturated rings. The van der Waals surface area contributed by atoms with Gasteiger partial charge < -0.3 is 119 Å². The highest BCUT2D eigenvalue weighted by molar-refractivity contribution is 5.73. The van der Waals surface area contributed by atoms with Crippen molar-refractivity contribution in [3.8, 4) is 0 Å². The first kappa shape index (κ1) is 44.6. The van der Waals surface area contributed by atoms with E-state index in [2.05, 4.69) is 0 Å². The predicted octanol–water partition coefficient (Wildman–Crippen LogP) is -9.78. The van der Waals surface area contributed by atoms with Gasteiger partial charge in [0, 0.05) is 0 Å². The molecule has 0 spiro atoms. The Bertz CT molecular complexity index is 1260. The number of carboxylic acids is 1. The van der Waals surface area contributed by atoms with Crippen molar-refractivity contribution in [3.63, 3.8) is 0 Å². The number of hydrogen-bond donors (Lipinski definition) is 15. The molecule has 0 amide bonds. The van der Waals surface area contributed by atoms with Crippen LogP contribution in [-0.2, 0) is 47.4 Å². The molecule has 0 unspecified atom stereocenters. The second kappa shape index (κ2) is 17.8. The minimum Gasteiger partial charge on any atom is -0.479 e. The molecule has 5 heterocycles. The van der Waals surface area contributed by atoms with Crippen molar-refractivity contribution in [2.45, 2.75) is 161 Å². The van der Waals surface area contributed by atoms with Crippen molar-refractivity contribution >= 4 is 5.97 Å². The number of carbonyl (C=O) groups is 1. The lowest BCUT2D eigenvalue weighted by Gasteiger charge is -2.48. The molecule has 320 valence electrons. The summed E-state index contributed by atoms with van der Waals surface area (Å²) < 4.78 is 49.0. The van der Waals surface area contributed by atoms with E-state index in [0.29, 0.717) is 0 Å². The van der Waals surface area contributed by atoms with Crippen LogP contribution in [0.15, 0.2) is 0 Å². The number of hydrogen-bond acceptors (Lipinski definition) is 24. The van der Waals surface area contributed by atoms with Crippen molar-refractivity contribution in [1.29, 1.82) is 0 Å². The Balaban J connectivity index is 1.31. The maximum Gasteiger partial charge on any atom is 0.335 e. The van der Waals surface area contributed by atoms with Crippen molar-refractivity contribution in [2.24, 2.45) is 0 Å². The fourth-order valence-electron chi connectivity index (χ4n) is 6.80. The van der Waals surface area contributed by atoms with Gasteiger partial charge in [0.1, 0.15) is 103 Å². The smallest absolute Gasteiger partial charge is 0.335 e. The molecular formula is C30H50O25. The summed E-state index contributed by atoms with van der Waals surface area (Å²) >= 11 is 0. The Morgan fingerprint density at radius 2 is 1.07 bits per heavy atom. The van der Waals surface area contributed by atoms with Crippen LogP contribution < -0.4 is 0 Å². The number of aliphatic carboxylic acids is 1. The topological polar surface area (TPSA) is 404 Å². The number of aliphatic hydroxyl groups is 14. The van der Waals surface area contributed by atoms with E-state index in [4.69, 9.17) is 42.6 Å². The third kappa shape index (κ3) is 8.94. The van der Waals surface area contributed by atoms with E-state index in [1.165, 1.54) is 6.92 Å². The van der Waals surface area contributed by atoms with Gasteiger partial charge in [-0.1, -0.05) is 0 Å². The standard InChI is InChI=1S/C30H50O25/c1-6-22(41)30(2,46)23(42)29(49-6)54-20-14(36)18(40)27(55-21(20)24(43)44)48-5-9-19(53-28-16(38)10(32)7(3-31)51-28)13(35)17(39)26(52-9)47-4-8-11(33)12(34)15(37)25(45)50-8/h6-23,25-29,31-42,45-46H,3-5H2,1-2H3,(H,43,44)/t6-,7-,8+,9+,10-,11-,12-,13+,14+,15+,16+,17+,18+,19-,20-,21-,22-,23-,25+,26+,27+,28-,29-,30+/m0/s1. The van der Waals surface area contributed by atoms with Crippen LogP contribution in [0.4, 0.5) is 0 Å². The number of rotatable bonds is 12. The number of aliphatic hydroxyl groups excluding tert-OH is 13. The van der Waals surface area contributed by atoms with E-state index in [1.807, 2.05) is 0 Å². The van der Waals surface area contributed by atoms with Crippen molar-refractivity contribution in [2.75, 3.05) is 19.8 Å². The average Bonchev–Trinajstić information content (AvgIpc) is 3.42. The zero-order valence-corrected chi connectivity index (χ0v) is 29.2. The summed E-state index contributed by atoms with van der Waals surface area (Å²) in [6.07, 6.45) is -41.9. The van der Waals surface area contributed by atoms with E-state index in [1.54, 1.807) is 0 Å². The quantitative estimate of drug-likeness (QED) is 0.0870. The lowest BCUT2D eigenvalue weighted by atomic mass is 9.86. The van der Waals surface area contributed by atoms with Crippen molar-refractivity contribution in [1.82, 2.24) is 0 Å². The maximum atomic E-state index is 12.3. The SMILES string of the molecule is C[C@@H]1O[C@@H](O[C@H]2[C@H](O)[C@@H](O)[C@H](OC[C@H]3O[C@@H](OC[C@H]4O[C@@H](O)[C@H](O)[C@@H](O)[C@H]4O)[C@H](O)[C@@H](O)[C@H]3O[C@@H]3O[C@@H](CO)[C@H](O)[C@H]3O)O[C@@H]2C(=O)O)[C@H](O)[C@](C)(O)[C@H]1O. The van der Waals surface area contributed by atoms with Gasteiger partial charge in [0.05, 0.1) is 25.9 Å². The van der Waals surface area contributed by atoms with Crippen molar-refractivity contribution < 1.29 is 124 Å². The minimum atomic E-state index is -2.21. The molecular weight excluding hydrogens is 760 g/mol. The number of ether oxygens (including phenoxy) is 9. The molecule has 55 heavy (non-hydrogen) atoms.